The molecule has 2 rings (SSSR count). The van der Waals surface area contributed by atoms with Crippen LogP contribution in [-0.2, 0) is 9.53 Å². The second-order valence-corrected chi connectivity index (χ2v) is 5.44. The van der Waals surface area contributed by atoms with E-state index in [2.05, 4.69) is 10.2 Å². The fraction of sp³-hybridized carbons (Fsp3) is 0.533. The van der Waals surface area contributed by atoms with Crippen molar-refractivity contribution in [3.8, 4) is 0 Å². The highest BCUT2D eigenvalue weighted by Gasteiger charge is 2.22. The number of anilines is 1. The van der Waals surface area contributed by atoms with Crippen molar-refractivity contribution in [3.63, 3.8) is 0 Å². The standard InChI is InChI=1S/C15H20F2N2O2/c1-10-8-19(9-11(2)21-10)6-5-15(20)18-12-3-4-13(16)14(17)7-12/h3-4,7,10-11H,5-6,8-9H2,1-2H3,(H,18,20)/t10-,11-/m0/s1. The average Bonchev–Trinajstić information content (AvgIpc) is 2.40. The first-order valence-corrected chi connectivity index (χ1v) is 7.06. The summed E-state index contributed by atoms with van der Waals surface area (Å²) in [4.78, 5) is 14.0. The summed E-state index contributed by atoms with van der Waals surface area (Å²) in [6.45, 7) is 6.22. The maximum atomic E-state index is 13.0. The van der Waals surface area contributed by atoms with Gasteiger partial charge in [-0.15, -0.1) is 0 Å². The number of hydrogen-bond acceptors (Lipinski definition) is 3. The van der Waals surface area contributed by atoms with E-state index in [1.165, 1.54) is 6.07 Å². The predicted octanol–water partition coefficient (Wildman–Crippen LogP) is 2.40. The van der Waals surface area contributed by atoms with E-state index in [1.54, 1.807) is 0 Å². The molecule has 0 saturated carbocycles. The molecule has 0 unspecified atom stereocenters. The van der Waals surface area contributed by atoms with Crippen LogP contribution in [0, 0.1) is 11.6 Å². The molecule has 1 amide bonds. The van der Waals surface area contributed by atoms with Crippen LogP contribution in [0.4, 0.5) is 14.5 Å². The van der Waals surface area contributed by atoms with Crippen molar-refractivity contribution < 1.29 is 18.3 Å². The minimum absolute atomic E-state index is 0.156. The fourth-order valence-corrected chi connectivity index (χ4v) is 2.52. The number of rotatable bonds is 4. The number of carbonyl (C=O) groups excluding carboxylic acids is 1. The molecular weight excluding hydrogens is 278 g/mol. The van der Waals surface area contributed by atoms with Crippen LogP contribution in [0.3, 0.4) is 0 Å². The number of morpholine rings is 1. The van der Waals surface area contributed by atoms with Gasteiger partial charge in [-0.3, -0.25) is 9.69 Å². The molecule has 1 fully saturated rings. The monoisotopic (exact) mass is 298 g/mol. The third kappa shape index (κ3) is 4.75. The van der Waals surface area contributed by atoms with Gasteiger partial charge in [-0.2, -0.15) is 0 Å². The highest BCUT2D eigenvalue weighted by molar-refractivity contribution is 5.90. The Labute approximate surface area is 123 Å². The van der Waals surface area contributed by atoms with Crippen molar-refractivity contribution in [1.29, 1.82) is 0 Å². The summed E-state index contributed by atoms with van der Waals surface area (Å²) in [7, 11) is 0. The van der Waals surface area contributed by atoms with Crippen LogP contribution in [0.2, 0.25) is 0 Å². The van der Waals surface area contributed by atoms with Crippen molar-refractivity contribution in [3.05, 3.63) is 29.8 Å². The van der Waals surface area contributed by atoms with E-state index in [1.807, 2.05) is 13.8 Å². The van der Waals surface area contributed by atoms with Crippen LogP contribution < -0.4 is 5.32 Å². The first-order chi connectivity index (χ1) is 9.94. The molecule has 0 spiro atoms. The van der Waals surface area contributed by atoms with E-state index < -0.39 is 11.6 Å². The number of amides is 1. The molecule has 116 valence electrons. The van der Waals surface area contributed by atoms with E-state index in [0.29, 0.717) is 13.0 Å². The zero-order valence-corrected chi connectivity index (χ0v) is 12.2. The molecule has 1 aliphatic rings. The van der Waals surface area contributed by atoms with E-state index in [-0.39, 0.29) is 23.8 Å². The smallest absolute Gasteiger partial charge is 0.225 e. The minimum Gasteiger partial charge on any atom is -0.373 e. The maximum absolute atomic E-state index is 13.0. The Hall–Kier alpha value is -1.53. The summed E-state index contributed by atoms with van der Waals surface area (Å²) >= 11 is 0. The number of nitrogens with one attached hydrogen (secondary N) is 1. The Morgan fingerprint density at radius 2 is 1.95 bits per heavy atom. The molecule has 2 atom stereocenters. The molecule has 0 radical (unpaired) electrons. The lowest BCUT2D eigenvalue weighted by Gasteiger charge is -2.35. The highest BCUT2D eigenvalue weighted by Crippen LogP contribution is 2.14. The van der Waals surface area contributed by atoms with Crippen LogP contribution >= 0.6 is 0 Å². The topological polar surface area (TPSA) is 41.6 Å². The molecule has 1 heterocycles. The Morgan fingerprint density at radius 3 is 2.57 bits per heavy atom. The molecular formula is C15H20F2N2O2. The summed E-state index contributed by atoms with van der Waals surface area (Å²) in [5.74, 6) is -2.11. The molecule has 1 saturated heterocycles. The number of hydrogen-bond donors (Lipinski definition) is 1. The SMILES string of the molecule is C[C@H]1CN(CCC(=O)Nc2ccc(F)c(F)c2)C[C@H](C)O1. The van der Waals surface area contributed by atoms with Crippen molar-refractivity contribution in [2.24, 2.45) is 0 Å². The van der Waals surface area contributed by atoms with Crippen molar-refractivity contribution in [2.75, 3.05) is 25.0 Å². The molecule has 1 N–H and O–H groups in total. The normalized spacial score (nSPS) is 23.0. The number of ether oxygens (including phenoxy) is 1. The van der Waals surface area contributed by atoms with Gasteiger partial charge in [0.2, 0.25) is 5.91 Å². The third-order valence-corrected chi connectivity index (χ3v) is 3.35. The molecule has 6 heteroatoms. The number of benzene rings is 1. The quantitative estimate of drug-likeness (QED) is 0.928. The molecule has 1 aromatic carbocycles. The Balaban J connectivity index is 1.80. The second-order valence-electron chi connectivity index (χ2n) is 5.44. The maximum Gasteiger partial charge on any atom is 0.225 e. The molecule has 4 nitrogen and oxygen atoms in total. The van der Waals surface area contributed by atoms with Gasteiger partial charge >= 0.3 is 0 Å². The number of nitrogens with zero attached hydrogens (tertiary/aromatic N) is 1. The summed E-state index contributed by atoms with van der Waals surface area (Å²) in [5, 5.41) is 2.57. The summed E-state index contributed by atoms with van der Waals surface area (Å²) in [6.07, 6.45) is 0.615. The van der Waals surface area contributed by atoms with Crippen LogP contribution in [0.25, 0.3) is 0 Å². The molecule has 0 aliphatic carbocycles. The molecule has 1 aliphatic heterocycles. The lowest BCUT2D eigenvalue weighted by molar-refractivity contribution is -0.117. The third-order valence-electron chi connectivity index (χ3n) is 3.35. The molecule has 21 heavy (non-hydrogen) atoms. The van der Waals surface area contributed by atoms with Gasteiger partial charge < -0.3 is 10.1 Å². The van der Waals surface area contributed by atoms with E-state index in [0.717, 1.165) is 25.2 Å². The van der Waals surface area contributed by atoms with Crippen LogP contribution in [0.1, 0.15) is 20.3 Å². The van der Waals surface area contributed by atoms with Gasteiger partial charge in [0, 0.05) is 37.8 Å². The first kappa shape index (κ1) is 15.9. The van der Waals surface area contributed by atoms with Crippen molar-refractivity contribution >= 4 is 11.6 Å². The Kier molecular flexibility index (Phi) is 5.25. The number of carbonyl (C=O) groups is 1. The highest BCUT2D eigenvalue weighted by atomic mass is 19.2. The summed E-state index contributed by atoms with van der Waals surface area (Å²) in [6, 6.07) is 3.32. The lowest BCUT2D eigenvalue weighted by atomic mass is 10.2. The van der Waals surface area contributed by atoms with Crippen molar-refractivity contribution in [1.82, 2.24) is 4.90 Å². The van der Waals surface area contributed by atoms with E-state index >= 15 is 0 Å². The van der Waals surface area contributed by atoms with Gasteiger partial charge in [0.05, 0.1) is 12.2 Å². The molecule has 0 bridgehead atoms. The molecule has 1 aromatic rings. The zero-order chi connectivity index (χ0) is 15.4. The predicted molar refractivity (Wildman–Crippen MR) is 76.1 cm³/mol. The van der Waals surface area contributed by atoms with Gasteiger partial charge in [0.1, 0.15) is 0 Å². The van der Waals surface area contributed by atoms with Gasteiger partial charge in [-0.05, 0) is 26.0 Å². The Bertz CT molecular complexity index is 500. The fourth-order valence-electron chi connectivity index (χ4n) is 2.52. The van der Waals surface area contributed by atoms with Crippen LogP contribution in [0.5, 0.6) is 0 Å². The average molecular weight is 298 g/mol. The summed E-state index contributed by atoms with van der Waals surface area (Å²) in [5.41, 5.74) is 0.266. The lowest BCUT2D eigenvalue weighted by Crippen LogP contribution is -2.46. The van der Waals surface area contributed by atoms with E-state index in [9.17, 15) is 13.6 Å². The summed E-state index contributed by atoms with van der Waals surface area (Å²) < 4.78 is 31.5. The zero-order valence-electron chi connectivity index (χ0n) is 12.2. The minimum atomic E-state index is -0.969. The first-order valence-electron chi connectivity index (χ1n) is 7.06. The van der Waals surface area contributed by atoms with Gasteiger partial charge in [-0.1, -0.05) is 0 Å². The van der Waals surface area contributed by atoms with Gasteiger partial charge in [-0.25, -0.2) is 8.78 Å². The van der Waals surface area contributed by atoms with Crippen LogP contribution in [-0.4, -0.2) is 42.6 Å². The van der Waals surface area contributed by atoms with Crippen molar-refractivity contribution in [2.45, 2.75) is 32.5 Å². The van der Waals surface area contributed by atoms with Gasteiger partial charge in [0.15, 0.2) is 11.6 Å². The van der Waals surface area contributed by atoms with Gasteiger partial charge in [0.25, 0.3) is 0 Å². The second kappa shape index (κ2) is 6.95. The molecule has 0 aromatic heterocycles. The largest absolute Gasteiger partial charge is 0.373 e. The van der Waals surface area contributed by atoms with E-state index in [4.69, 9.17) is 4.74 Å². The van der Waals surface area contributed by atoms with Crippen LogP contribution in [0.15, 0.2) is 18.2 Å². The Morgan fingerprint density at radius 1 is 1.29 bits per heavy atom. The number of halogens is 2.